The van der Waals surface area contributed by atoms with Crippen molar-refractivity contribution in [2.45, 2.75) is 19.9 Å². The summed E-state index contributed by atoms with van der Waals surface area (Å²) >= 11 is 1.77. The first kappa shape index (κ1) is 13.9. The molecule has 0 atom stereocenters. The molecular weight excluding hydrogens is 234 g/mol. The number of para-hydroxylation sites is 1. The molecule has 0 bridgehead atoms. The quantitative estimate of drug-likeness (QED) is 0.792. The van der Waals surface area contributed by atoms with E-state index in [2.05, 4.69) is 6.92 Å². The van der Waals surface area contributed by atoms with Crippen LogP contribution in [0.2, 0.25) is 0 Å². The van der Waals surface area contributed by atoms with Crippen LogP contribution in [0.4, 0.5) is 0 Å². The number of hydrogen-bond donors (Lipinski definition) is 1. The SMILES string of the molecule is CCSCCC(=O)N(C)Cc1ccccc1O. The molecular formula is C13H19NO2S. The summed E-state index contributed by atoms with van der Waals surface area (Å²) in [5.74, 6) is 2.26. The molecule has 0 aliphatic heterocycles. The first-order chi connectivity index (χ1) is 8.15. The lowest BCUT2D eigenvalue weighted by molar-refractivity contribution is -0.129. The number of aromatic hydroxyl groups is 1. The molecule has 1 rings (SSSR count). The number of thioether (sulfide) groups is 1. The molecule has 3 nitrogen and oxygen atoms in total. The molecule has 0 aliphatic carbocycles. The second kappa shape index (κ2) is 7.22. The van der Waals surface area contributed by atoms with Crippen molar-refractivity contribution in [1.82, 2.24) is 4.90 Å². The molecule has 0 saturated heterocycles. The Morgan fingerprint density at radius 1 is 1.41 bits per heavy atom. The fourth-order valence-corrected chi connectivity index (χ4v) is 2.09. The van der Waals surface area contributed by atoms with Gasteiger partial charge in [0.1, 0.15) is 5.75 Å². The number of carbonyl (C=O) groups excluding carboxylic acids is 1. The molecule has 0 aliphatic rings. The third kappa shape index (κ3) is 4.69. The van der Waals surface area contributed by atoms with Crippen molar-refractivity contribution in [2.75, 3.05) is 18.6 Å². The lowest BCUT2D eigenvalue weighted by Gasteiger charge is -2.17. The number of carbonyl (C=O) groups is 1. The van der Waals surface area contributed by atoms with Gasteiger partial charge in [0.05, 0.1) is 0 Å². The van der Waals surface area contributed by atoms with Crippen LogP contribution in [-0.2, 0) is 11.3 Å². The molecule has 1 aromatic carbocycles. The summed E-state index contributed by atoms with van der Waals surface area (Å²) in [6.45, 7) is 2.54. The summed E-state index contributed by atoms with van der Waals surface area (Å²) < 4.78 is 0. The van der Waals surface area contributed by atoms with Crippen LogP contribution in [0.3, 0.4) is 0 Å². The van der Waals surface area contributed by atoms with Gasteiger partial charge >= 0.3 is 0 Å². The van der Waals surface area contributed by atoms with E-state index in [0.29, 0.717) is 13.0 Å². The zero-order chi connectivity index (χ0) is 12.7. The van der Waals surface area contributed by atoms with Gasteiger partial charge in [0.25, 0.3) is 0 Å². The van der Waals surface area contributed by atoms with Gasteiger partial charge in [0.2, 0.25) is 5.91 Å². The van der Waals surface area contributed by atoms with E-state index < -0.39 is 0 Å². The molecule has 94 valence electrons. The predicted octanol–water partition coefficient (Wildman–Crippen LogP) is 2.49. The molecule has 1 N–H and O–H groups in total. The van der Waals surface area contributed by atoms with Crippen molar-refractivity contribution in [1.29, 1.82) is 0 Å². The topological polar surface area (TPSA) is 40.5 Å². The van der Waals surface area contributed by atoms with Crippen LogP contribution >= 0.6 is 11.8 Å². The van der Waals surface area contributed by atoms with Crippen LogP contribution in [0.25, 0.3) is 0 Å². The third-order valence-electron chi connectivity index (χ3n) is 2.49. The van der Waals surface area contributed by atoms with E-state index in [9.17, 15) is 9.90 Å². The number of rotatable bonds is 6. The summed E-state index contributed by atoms with van der Waals surface area (Å²) in [7, 11) is 1.77. The van der Waals surface area contributed by atoms with Gasteiger partial charge in [-0.1, -0.05) is 25.1 Å². The number of nitrogens with zero attached hydrogens (tertiary/aromatic N) is 1. The van der Waals surface area contributed by atoms with Gasteiger partial charge in [-0.05, 0) is 11.8 Å². The Morgan fingerprint density at radius 2 is 2.12 bits per heavy atom. The molecule has 1 amide bonds. The Labute approximate surface area is 107 Å². The van der Waals surface area contributed by atoms with Gasteiger partial charge in [-0.25, -0.2) is 0 Å². The molecule has 0 saturated carbocycles. The minimum Gasteiger partial charge on any atom is -0.508 e. The van der Waals surface area contributed by atoms with Crippen molar-refractivity contribution in [2.24, 2.45) is 0 Å². The summed E-state index contributed by atoms with van der Waals surface area (Å²) in [6, 6.07) is 7.11. The number of amides is 1. The second-order valence-corrected chi connectivity index (χ2v) is 5.22. The van der Waals surface area contributed by atoms with Crippen molar-refractivity contribution in [3.63, 3.8) is 0 Å². The van der Waals surface area contributed by atoms with Crippen molar-refractivity contribution in [3.8, 4) is 5.75 Å². The largest absolute Gasteiger partial charge is 0.508 e. The zero-order valence-electron chi connectivity index (χ0n) is 10.3. The highest BCUT2D eigenvalue weighted by molar-refractivity contribution is 7.99. The van der Waals surface area contributed by atoms with E-state index >= 15 is 0 Å². The Bertz CT molecular complexity index is 368. The Balaban J connectivity index is 2.46. The second-order valence-electron chi connectivity index (χ2n) is 3.83. The number of benzene rings is 1. The van der Waals surface area contributed by atoms with Crippen LogP contribution in [-0.4, -0.2) is 34.5 Å². The number of hydrogen-bond acceptors (Lipinski definition) is 3. The van der Waals surface area contributed by atoms with Crippen molar-refractivity contribution >= 4 is 17.7 Å². The Hall–Kier alpha value is -1.16. The summed E-state index contributed by atoms with van der Waals surface area (Å²) in [5, 5.41) is 9.61. The van der Waals surface area contributed by atoms with Crippen molar-refractivity contribution < 1.29 is 9.90 Å². The number of phenolic OH excluding ortho intramolecular Hbond substituents is 1. The molecule has 4 heteroatoms. The van der Waals surface area contributed by atoms with Crippen LogP contribution < -0.4 is 0 Å². The minimum absolute atomic E-state index is 0.120. The lowest BCUT2D eigenvalue weighted by Crippen LogP contribution is -2.26. The normalized spacial score (nSPS) is 10.2. The average molecular weight is 253 g/mol. The molecule has 0 radical (unpaired) electrons. The molecule has 1 aromatic rings. The van der Waals surface area contributed by atoms with Crippen LogP contribution in [0.5, 0.6) is 5.75 Å². The number of phenols is 1. The highest BCUT2D eigenvalue weighted by Gasteiger charge is 2.10. The fourth-order valence-electron chi connectivity index (χ4n) is 1.48. The Kier molecular flexibility index (Phi) is 5.91. The molecule has 17 heavy (non-hydrogen) atoms. The summed E-state index contributed by atoms with van der Waals surface area (Å²) in [6.07, 6.45) is 0.558. The maximum absolute atomic E-state index is 11.8. The van der Waals surface area contributed by atoms with Crippen molar-refractivity contribution in [3.05, 3.63) is 29.8 Å². The summed E-state index contributed by atoms with van der Waals surface area (Å²) in [4.78, 5) is 13.4. The first-order valence-electron chi connectivity index (χ1n) is 5.73. The zero-order valence-corrected chi connectivity index (χ0v) is 11.2. The van der Waals surface area contributed by atoms with E-state index in [4.69, 9.17) is 0 Å². The molecule has 0 unspecified atom stereocenters. The maximum Gasteiger partial charge on any atom is 0.223 e. The van der Waals surface area contributed by atoms with Gasteiger partial charge in [0.15, 0.2) is 0 Å². The molecule has 0 heterocycles. The minimum atomic E-state index is 0.120. The lowest BCUT2D eigenvalue weighted by atomic mass is 10.2. The first-order valence-corrected chi connectivity index (χ1v) is 6.89. The molecule has 0 aromatic heterocycles. The molecule has 0 spiro atoms. The summed E-state index contributed by atoms with van der Waals surface area (Å²) in [5.41, 5.74) is 0.784. The Morgan fingerprint density at radius 3 is 2.76 bits per heavy atom. The van der Waals surface area contributed by atoms with E-state index in [-0.39, 0.29) is 11.7 Å². The van der Waals surface area contributed by atoms with Crippen LogP contribution in [0.15, 0.2) is 24.3 Å². The van der Waals surface area contributed by atoms with Gasteiger partial charge in [-0.15, -0.1) is 0 Å². The van der Waals surface area contributed by atoms with E-state index in [1.165, 1.54) is 0 Å². The van der Waals surface area contributed by atoms with Gasteiger partial charge in [-0.3, -0.25) is 4.79 Å². The van der Waals surface area contributed by atoms with Gasteiger partial charge in [-0.2, -0.15) is 11.8 Å². The van der Waals surface area contributed by atoms with E-state index in [1.54, 1.807) is 35.8 Å². The highest BCUT2D eigenvalue weighted by atomic mass is 32.2. The molecule has 0 fully saturated rings. The van der Waals surface area contributed by atoms with Gasteiger partial charge in [0, 0.05) is 31.3 Å². The van der Waals surface area contributed by atoms with E-state index in [0.717, 1.165) is 17.1 Å². The predicted molar refractivity (Wildman–Crippen MR) is 72.2 cm³/mol. The smallest absolute Gasteiger partial charge is 0.223 e. The standard InChI is InChI=1S/C13H19NO2S/c1-3-17-9-8-13(16)14(2)10-11-6-4-5-7-12(11)15/h4-7,15H,3,8-10H2,1-2H3. The van der Waals surface area contributed by atoms with E-state index in [1.807, 2.05) is 12.1 Å². The maximum atomic E-state index is 11.8. The fraction of sp³-hybridized carbons (Fsp3) is 0.462. The van der Waals surface area contributed by atoms with Crippen LogP contribution in [0, 0.1) is 0 Å². The van der Waals surface area contributed by atoms with Crippen LogP contribution in [0.1, 0.15) is 18.9 Å². The van der Waals surface area contributed by atoms with Gasteiger partial charge < -0.3 is 10.0 Å². The highest BCUT2D eigenvalue weighted by Crippen LogP contribution is 2.17. The monoisotopic (exact) mass is 253 g/mol. The average Bonchev–Trinajstić information content (AvgIpc) is 2.32. The third-order valence-corrected chi connectivity index (χ3v) is 3.39.